The molecule has 2 N–H and O–H groups in total. The third-order valence-corrected chi connectivity index (χ3v) is 3.75. The molecule has 5 nitrogen and oxygen atoms in total. The smallest absolute Gasteiger partial charge is 0.181 e. The average Bonchev–Trinajstić information content (AvgIpc) is 2.88. The third-order valence-electron chi connectivity index (χ3n) is 3.75. The summed E-state index contributed by atoms with van der Waals surface area (Å²) in [5.74, 6) is 0. The molecule has 19 heavy (non-hydrogen) atoms. The molecule has 0 aliphatic carbocycles. The molecular weight excluding hydrogens is 240 g/mol. The molecule has 0 amide bonds. The van der Waals surface area contributed by atoms with Crippen LogP contribution in [0.2, 0.25) is 0 Å². The first kappa shape index (κ1) is 12.6. The van der Waals surface area contributed by atoms with Gasteiger partial charge in [0, 0.05) is 38.8 Å². The number of fused-ring (bicyclic) bond motifs is 1. The monoisotopic (exact) mass is 260 g/mol. The van der Waals surface area contributed by atoms with E-state index in [1.807, 2.05) is 6.07 Å². The summed E-state index contributed by atoms with van der Waals surface area (Å²) in [4.78, 5) is 6.53. The average molecular weight is 260 g/mol. The normalized spacial score (nSPS) is 21.0. The van der Waals surface area contributed by atoms with Gasteiger partial charge in [-0.15, -0.1) is 0 Å². The molecule has 1 aliphatic rings. The van der Waals surface area contributed by atoms with Gasteiger partial charge in [0.2, 0.25) is 0 Å². The second-order valence-corrected chi connectivity index (χ2v) is 5.12. The van der Waals surface area contributed by atoms with Crippen LogP contribution in [0.1, 0.15) is 5.56 Å². The van der Waals surface area contributed by atoms with E-state index in [1.54, 1.807) is 0 Å². The Labute approximate surface area is 113 Å². The molecule has 1 aliphatic heterocycles. The van der Waals surface area contributed by atoms with Crippen molar-refractivity contribution < 1.29 is 4.42 Å². The van der Waals surface area contributed by atoms with Gasteiger partial charge in [-0.1, -0.05) is 6.07 Å². The predicted octanol–water partition coefficient (Wildman–Crippen LogP) is 0.821. The molecule has 1 fully saturated rings. The molecule has 1 unspecified atom stereocenters. The van der Waals surface area contributed by atoms with Gasteiger partial charge in [0.1, 0.15) is 5.52 Å². The van der Waals surface area contributed by atoms with Gasteiger partial charge in [0.05, 0.1) is 0 Å². The van der Waals surface area contributed by atoms with Crippen LogP contribution in [0.3, 0.4) is 0 Å². The Bertz CT molecular complexity index is 539. The summed E-state index contributed by atoms with van der Waals surface area (Å²) in [7, 11) is 2.19. The summed E-state index contributed by atoms with van der Waals surface area (Å²) in [5.41, 5.74) is 3.01. The third kappa shape index (κ3) is 2.94. The number of hydrogen-bond acceptors (Lipinski definition) is 5. The number of benzene rings is 1. The highest BCUT2D eigenvalue weighted by molar-refractivity contribution is 5.72. The minimum atomic E-state index is 0.572. The summed E-state index contributed by atoms with van der Waals surface area (Å²) in [6.45, 7) is 5.13. The maximum atomic E-state index is 5.31. The van der Waals surface area contributed by atoms with Crippen molar-refractivity contribution in [1.82, 2.24) is 20.5 Å². The molecule has 3 rings (SSSR count). The van der Waals surface area contributed by atoms with Crippen LogP contribution < -0.4 is 10.6 Å². The Morgan fingerprint density at radius 1 is 1.53 bits per heavy atom. The van der Waals surface area contributed by atoms with E-state index in [0.717, 1.165) is 43.8 Å². The van der Waals surface area contributed by atoms with Crippen LogP contribution >= 0.6 is 0 Å². The zero-order chi connectivity index (χ0) is 13.1. The first-order valence-electron chi connectivity index (χ1n) is 6.77. The van der Waals surface area contributed by atoms with Crippen LogP contribution in [-0.4, -0.2) is 49.2 Å². The number of hydrogen-bond donors (Lipinski definition) is 2. The number of likely N-dealkylation sites (N-methyl/N-ethyl adjacent to an activating group) is 1. The summed E-state index contributed by atoms with van der Waals surface area (Å²) in [5, 5.41) is 6.94. The second-order valence-electron chi connectivity index (χ2n) is 5.12. The van der Waals surface area contributed by atoms with Gasteiger partial charge < -0.3 is 15.1 Å². The van der Waals surface area contributed by atoms with Gasteiger partial charge in [-0.3, -0.25) is 4.90 Å². The zero-order valence-corrected chi connectivity index (χ0v) is 11.2. The van der Waals surface area contributed by atoms with Gasteiger partial charge in [-0.2, -0.15) is 0 Å². The van der Waals surface area contributed by atoms with Crippen LogP contribution in [0, 0.1) is 0 Å². The van der Waals surface area contributed by atoms with Crippen LogP contribution in [0.15, 0.2) is 29.0 Å². The molecule has 2 heterocycles. The first-order chi connectivity index (χ1) is 9.33. The fraction of sp³-hybridized carbons (Fsp3) is 0.500. The lowest BCUT2D eigenvalue weighted by molar-refractivity contribution is 0.195. The zero-order valence-electron chi connectivity index (χ0n) is 11.2. The summed E-state index contributed by atoms with van der Waals surface area (Å²) < 4.78 is 5.31. The highest BCUT2D eigenvalue weighted by Gasteiger charge is 2.17. The number of oxazole rings is 1. The fourth-order valence-electron chi connectivity index (χ4n) is 2.48. The van der Waals surface area contributed by atoms with Gasteiger partial charge >= 0.3 is 0 Å². The van der Waals surface area contributed by atoms with Gasteiger partial charge in [-0.25, -0.2) is 4.98 Å². The summed E-state index contributed by atoms with van der Waals surface area (Å²) >= 11 is 0. The van der Waals surface area contributed by atoms with E-state index in [2.05, 4.69) is 39.7 Å². The topological polar surface area (TPSA) is 53.3 Å². The lowest BCUT2D eigenvalue weighted by Crippen LogP contribution is -2.53. The quantitative estimate of drug-likeness (QED) is 0.852. The minimum Gasteiger partial charge on any atom is -0.443 e. The van der Waals surface area contributed by atoms with Crippen molar-refractivity contribution in [3.63, 3.8) is 0 Å². The van der Waals surface area contributed by atoms with Crippen molar-refractivity contribution in [2.24, 2.45) is 0 Å². The van der Waals surface area contributed by atoms with Crippen LogP contribution in [0.25, 0.3) is 11.1 Å². The standard InChI is InChI=1S/C14H20N4O/c1-18-5-4-15-8-12(18)9-16-7-11-2-3-13-14(6-11)19-10-17-13/h2-3,6,10,12,15-16H,4-5,7-9H2,1H3. The molecule has 1 aromatic heterocycles. The van der Waals surface area contributed by atoms with Crippen molar-refractivity contribution >= 4 is 11.1 Å². The van der Waals surface area contributed by atoms with E-state index in [0.29, 0.717) is 6.04 Å². The van der Waals surface area contributed by atoms with Gasteiger partial charge in [0.15, 0.2) is 12.0 Å². The lowest BCUT2D eigenvalue weighted by Gasteiger charge is -2.33. The van der Waals surface area contributed by atoms with E-state index in [1.165, 1.54) is 12.0 Å². The highest BCUT2D eigenvalue weighted by Crippen LogP contribution is 2.14. The van der Waals surface area contributed by atoms with E-state index in [9.17, 15) is 0 Å². The van der Waals surface area contributed by atoms with Crippen LogP contribution in [-0.2, 0) is 6.54 Å². The Morgan fingerprint density at radius 3 is 3.37 bits per heavy atom. The molecule has 0 bridgehead atoms. The van der Waals surface area contributed by atoms with Crippen molar-refractivity contribution in [1.29, 1.82) is 0 Å². The van der Waals surface area contributed by atoms with E-state index in [-0.39, 0.29) is 0 Å². The number of rotatable bonds is 4. The Balaban J connectivity index is 1.53. The predicted molar refractivity (Wildman–Crippen MR) is 75.0 cm³/mol. The Hall–Kier alpha value is -1.43. The van der Waals surface area contributed by atoms with E-state index in [4.69, 9.17) is 4.42 Å². The molecular formula is C14H20N4O. The molecule has 0 saturated carbocycles. The SMILES string of the molecule is CN1CCNCC1CNCc1ccc2ncoc2c1. The number of nitrogens with zero attached hydrogens (tertiary/aromatic N) is 2. The molecule has 102 valence electrons. The number of nitrogens with one attached hydrogen (secondary N) is 2. The minimum absolute atomic E-state index is 0.572. The van der Waals surface area contributed by atoms with E-state index < -0.39 is 0 Å². The molecule has 5 heteroatoms. The number of aromatic nitrogens is 1. The van der Waals surface area contributed by atoms with Crippen molar-refractivity contribution in [3.05, 3.63) is 30.2 Å². The molecule has 1 saturated heterocycles. The molecule has 1 aromatic carbocycles. The lowest BCUT2D eigenvalue weighted by atomic mass is 10.2. The second kappa shape index (κ2) is 5.69. The van der Waals surface area contributed by atoms with Crippen molar-refractivity contribution in [3.8, 4) is 0 Å². The molecule has 1 atom stereocenters. The maximum Gasteiger partial charge on any atom is 0.181 e. The highest BCUT2D eigenvalue weighted by atomic mass is 16.3. The van der Waals surface area contributed by atoms with Gasteiger partial charge in [-0.05, 0) is 24.7 Å². The largest absolute Gasteiger partial charge is 0.443 e. The maximum absolute atomic E-state index is 5.31. The molecule has 2 aromatic rings. The Kier molecular flexibility index (Phi) is 3.77. The Morgan fingerprint density at radius 2 is 2.47 bits per heavy atom. The first-order valence-corrected chi connectivity index (χ1v) is 6.77. The fourth-order valence-corrected chi connectivity index (χ4v) is 2.48. The van der Waals surface area contributed by atoms with Crippen molar-refractivity contribution in [2.45, 2.75) is 12.6 Å². The van der Waals surface area contributed by atoms with Crippen molar-refractivity contribution in [2.75, 3.05) is 33.2 Å². The van der Waals surface area contributed by atoms with Crippen LogP contribution in [0.4, 0.5) is 0 Å². The van der Waals surface area contributed by atoms with Crippen LogP contribution in [0.5, 0.6) is 0 Å². The van der Waals surface area contributed by atoms with E-state index >= 15 is 0 Å². The molecule has 0 radical (unpaired) electrons. The summed E-state index contributed by atoms with van der Waals surface area (Å²) in [6.07, 6.45) is 1.49. The molecule has 0 spiro atoms. The summed E-state index contributed by atoms with van der Waals surface area (Å²) in [6, 6.07) is 6.73. The van der Waals surface area contributed by atoms with Gasteiger partial charge in [0.25, 0.3) is 0 Å². The number of piperazine rings is 1.